The minimum absolute atomic E-state index is 0.0415. The summed E-state index contributed by atoms with van der Waals surface area (Å²) in [7, 11) is 2.89. The molecular weight excluding hydrogens is 412 g/mol. The molecule has 7 nitrogen and oxygen atoms in total. The molecule has 27 heavy (non-hydrogen) atoms. The molecule has 3 aromatic rings. The van der Waals surface area contributed by atoms with E-state index in [1.165, 1.54) is 18.7 Å². The molecule has 0 spiro atoms. The Morgan fingerprint density at radius 3 is 2.37 bits per heavy atom. The van der Waals surface area contributed by atoms with Crippen LogP contribution in [-0.4, -0.2) is 19.5 Å². The van der Waals surface area contributed by atoms with Gasteiger partial charge < -0.3 is 9.98 Å². The number of nitrogens with zero attached hydrogens (tertiary/aromatic N) is 3. The molecule has 0 aliphatic rings. The third-order valence-electron chi connectivity index (χ3n) is 4.32. The summed E-state index contributed by atoms with van der Waals surface area (Å²) in [5.41, 5.74) is -0.502. The van der Waals surface area contributed by atoms with E-state index in [1.807, 2.05) is 0 Å². The summed E-state index contributed by atoms with van der Waals surface area (Å²) in [5.74, 6) is -0.444. The third-order valence-corrected chi connectivity index (χ3v) is 4.82. The largest absolute Gasteiger partial charge is 0.348 e. The lowest BCUT2D eigenvalue weighted by Crippen LogP contribution is -2.43. The fourth-order valence-electron chi connectivity index (χ4n) is 2.81. The number of hydrogen-bond acceptors (Lipinski definition) is 4. The Morgan fingerprint density at radius 1 is 1.07 bits per heavy atom. The van der Waals surface area contributed by atoms with E-state index in [1.54, 1.807) is 53.4 Å². The van der Waals surface area contributed by atoms with Crippen LogP contribution in [0.15, 0.2) is 62.9 Å². The molecule has 0 bridgehead atoms. The zero-order valence-electron chi connectivity index (χ0n) is 14.8. The van der Waals surface area contributed by atoms with Gasteiger partial charge in [-0.1, -0.05) is 28.1 Å². The number of pyridine rings is 1. The molecule has 1 aromatic carbocycles. The summed E-state index contributed by atoms with van der Waals surface area (Å²) in [5, 5.41) is 7.91. The Labute approximate surface area is 162 Å². The first-order chi connectivity index (χ1) is 12.8. The molecule has 1 N–H and O–H groups in total. The van der Waals surface area contributed by atoms with Gasteiger partial charge in [0, 0.05) is 36.5 Å². The molecule has 0 amide bonds. The van der Waals surface area contributed by atoms with Crippen LogP contribution < -0.4 is 16.6 Å². The number of rotatable bonds is 4. The van der Waals surface area contributed by atoms with Crippen molar-refractivity contribution in [2.24, 2.45) is 14.1 Å². The predicted molar refractivity (Wildman–Crippen MR) is 104 cm³/mol. The van der Waals surface area contributed by atoms with Gasteiger partial charge in [0.05, 0.1) is 17.6 Å². The third kappa shape index (κ3) is 3.61. The van der Waals surface area contributed by atoms with Gasteiger partial charge in [-0.15, -0.1) is 0 Å². The van der Waals surface area contributed by atoms with Crippen LogP contribution in [0.3, 0.4) is 0 Å². The number of benzene rings is 1. The number of hydrogen-bond donors (Lipinski definition) is 1. The fraction of sp³-hybridized carbons (Fsp3) is 0.158. The highest BCUT2D eigenvalue weighted by Crippen LogP contribution is 2.16. The number of carbonyl (C=O) groups excluding carboxylic acids is 1. The SMILES string of the molecule is Cn1c(Cn2ccc(=N)cc2)c(C(=O)c2cccc(Br)c2)c(=O)n(C)c1=O. The van der Waals surface area contributed by atoms with Gasteiger partial charge in [-0.05, 0) is 24.3 Å². The lowest BCUT2D eigenvalue weighted by atomic mass is 10.0. The number of ketones is 1. The normalized spacial score (nSPS) is 10.8. The van der Waals surface area contributed by atoms with Crippen molar-refractivity contribution in [2.45, 2.75) is 6.54 Å². The predicted octanol–water partition coefficient (Wildman–Crippen LogP) is 1.41. The average molecular weight is 429 g/mol. The molecule has 0 atom stereocenters. The van der Waals surface area contributed by atoms with Crippen molar-refractivity contribution >= 4 is 21.7 Å². The Bertz CT molecular complexity index is 1200. The molecule has 8 heteroatoms. The number of nitrogens with one attached hydrogen (secondary N) is 1. The van der Waals surface area contributed by atoms with Crippen LogP contribution >= 0.6 is 15.9 Å². The van der Waals surface area contributed by atoms with Crippen LogP contribution in [0.2, 0.25) is 0 Å². The molecule has 0 saturated carbocycles. The molecule has 3 rings (SSSR count). The van der Waals surface area contributed by atoms with Crippen molar-refractivity contribution in [3.63, 3.8) is 0 Å². The molecule has 2 aromatic heterocycles. The molecule has 0 aliphatic carbocycles. The zero-order valence-corrected chi connectivity index (χ0v) is 16.4. The molecule has 0 unspecified atom stereocenters. The Kier molecular flexibility index (Phi) is 5.09. The maximum absolute atomic E-state index is 13.1. The van der Waals surface area contributed by atoms with Gasteiger partial charge in [0.15, 0.2) is 5.78 Å². The van der Waals surface area contributed by atoms with Crippen LogP contribution in [0.5, 0.6) is 0 Å². The highest BCUT2D eigenvalue weighted by molar-refractivity contribution is 9.10. The van der Waals surface area contributed by atoms with Crippen molar-refractivity contribution in [3.8, 4) is 0 Å². The number of aromatic nitrogens is 3. The van der Waals surface area contributed by atoms with E-state index in [0.29, 0.717) is 16.6 Å². The van der Waals surface area contributed by atoms with Crippen molar-refractivity contribution in [1.29, 1.82) is 5.41 Å². The Hall–Kier alpha value is -3.00. The smallest absolute Gasteiger partial charge is 0.330 e. The second-order valence-electron chi connectivity index (χ2n) is 6.13. The molecule has 0 aliphatic heterocycles. The fourth-order valence-corrected chi connectivity index (χ4v) is 3.21. The lowest BCUT2D eigenvalue weighted by molar-refractivity contribution is 0.103. The van der Waals surface area contributed by atoms with Crippen LogP contribution in [0.25, 0.3) is 0 Å². The molecule has 2 heterocycles. The molecule has 138 valence electrons. The molecule has 0 saturated heterocycles. The summed E-state index contributed by atoms with van der Waals surface area (Å²) < 4.78 is 4.68. The van der Waals surface area contributed by atoms with E-state index in [4.69, 9.17) is 5.41 Å². The average Bonchev–Trinajstić information content (AvgIpc) is 2.66. The number of halogens is 1. The van der Waals surface area contributed by atoms with E-state index in [9.17, 15) is 14.4 Å². The number of carbonyl (C=O) groups is 1. The van der Waals surface area contributed by atoms with Crippen molar-refractivity contribution in [1.82, 2.24) is 13.7 Å². The van der Waals surface area contributed by atoms with Gasteiger partial charge in [-0.2, -0.15) is 0 Å². The second kappa shape index (κ2) is 7.32. The summed E-state index contributed by atoms with van der Waals surface area (Å²) in [4.78, 5) is 38.3. The summed E-state index contributed by atoms with van der Waals surface area (Å²) in [6.45, 7) is 0.150. The van der Waals surface area contributed by atoms with E-state index in [2.05, 4.69) is 15.9 Å². The Morgan fingerprint density at radius 2 is 1.74 bits per heavy atom. The van der Waals surface area contributed by atoms with Crippen molar-refractivity contribution < 1.29 is 4.79 Å². The first-order valence-corrected chi connectivity index (χ1v) is 8.88. The van der Waals surface area contributed by atoms with Gasteiger partial charge in [0.25, 0.3) is 5.56 Å². The van der Waals surface area contributed by atoms with E-state index in [-0.39, 0.29) is 12.1 Å². The van der Waals surface area contributed by atoms with Crippen LogP contribution in [0, 0.1) is 5.41 Å². The minimum Gasteiger partial charge on any atom is -0.348 e. The van der Waals surface area contributed by atoms with E-state index < -0.39 is 17.0 Å². The highest BCUT2D eigenvalue weighted by Gasteiger charge is 2.23. The first kappa shape index (κ1) is 18.8. The quantitative estimate of drug-likeness (QED) is 0.636. The van der Waals surface area contributed by atoms with Crippen molar-refractivity contribution in [3.05, 3.63) is 96.3 Å². The maximum Gasteiger partial charge on any atom is 0.330 e. The first-order valence-electron chi connectivity index (χ1n) is 8.09. The zero-order chi connectivity index (χ0) is 19.7. The highest BCUT2D eigenvalue weighted by atomic mass is 79.9. The van der Waals surface area contributed by atoms with Gasteiger partial charge >= 0.3 is 5.69 Å². The van der Waals surface area contributed by atoms with Crippen LogP contribution in [-0.2, 0) is 20.6 Å². The Balaban J connectivity index is 2.24. The van der Waals surface area contributed by atoms with Gasteiger partial charge in [0.2, 0.25) is 0 Å². The van der Waals surface area contributed by atoms with Gasteiger partial charge in [-0.3, -0.25) is 18.7 Å². The summed E-state index contributed by atoms with van der Waals surface area (Å²) in [6, 6.07) is 9.95. The molecule has 0 radical (unpaired) electrons. The van der Waals surface area contributed by atoms with Crippen LogP contribution in [0.4, 0.5) is 0 Å². The van der Waals surface area contributed by atoms with E-state index in [0.717, 1.165) is 9.04 Å². The monoisotopic (exact) mass is 428 g/mol. The topological polar surface area (TPSA) is 89.8 Å². The minimum atomic E-state index is -0.629. The maximum atomic E-state index is 13.1. The molecule has 0 fully saturated rings. The lowest BCUT2D eigenvalue weighted by Gasteiger charge is -2.16. The summed E-state index contributed by atoms with van der Waals surface area (Å²) in [6.07, 6.45) is 3.33. The van der Waals surface area contributed by atoms with Gasteiger partial charge in [-0.25, -0.2) is 4.79 Å². The standard InChI is InChI=1S/C19H17BrN4O3/c1-22-15(11-24-8-6-14(21)7-9-24)16(18(26)23(2)19(22)27)17(25)12-4-3-5-13(20)10-12/h3-10,21H,11H2,1-2H3. The second-order valence-corrected chi connectivity index (χ2v) is 7.04. The van der Waals surface area contributed by atoms with Crippen LogP contribution in [0.1, 0.15) is 21.6 Å². The van der Waals surface area contributed by atoms with E-state index >= 15 is 0 Å². The van der Waals surface area contributed by atoms with Crippen molar-refractivity contribution in [2.75, 3.05) is 0 Å². The summed E-state index contributed by atoms with van der Waals surface area (Å²) >= 11 is 3.33. The van der Waals surface area contributed by atoms with Gasteiger partial charge in [0.1, 0.15) is 5.56 Å². The molecular formula is C19H17BrN4O3.